The van der Waals surface area contributed by atoms with E-state index in [4.69, 9.17) is 14.2 Å². The molecule has 54 heavy (non-hydrogen) atoms. The van der Waals surface area contributed by atoms with Gasteiger partial charge < -0.3 is 23.8 Å². The van der Waals surface area contributed by atoms with Crippen molar-refractivity contribution in [3.8, 4) is 0 Å². The Morgan fingerprint density at radius 1 is 0.537 bits per heavy atom. The minimum Gasteiger partial charge on any atom is -0.477 e. The normalized spacial score (nSPS) is 13.1. The van der Waals surface area contributed by atoms with Crippen LogP contribution in [0, 0.1) is 0 Å². The number of carbonyl (C=O) groups is 3. The number of hydrogen-bond donors (Lipinski definition) is 1. The molecule has 0 amide bonds. The zero-order chi connectivity index (χ0) is 40.0. The SMILES string of the molecule is CCCCCCCCC/C=C/CCCCCCCC(=O)OCC(COCCC(C(=O)O)[N+](C)(C)C)OC(=O)CCCCC/C=C/CCCCCCCCC. The van der Waals surface area contributed by atoms with E-state index in [-0.39, 0.29) is 36.2 Å². The molecule has 0 aromatic carbocycles. The van der Waals surface area contributed by atoms with Crippen molar-refractivity contribution in [1.29, 1.82) is 0 Å². The Labute approximate surface area is 332 Å². The first-order chi connectivity index (χ1) is 26.1. The summed E-state index contributed by atoms with van der Waals surface area (Å²) in [6.45, 7) is 4.71. The summed E-state index contributed by atoms with van der Waals surface area (Å²) in [5.74, 6) is -1.49. The van der Waals surface area contributed by atoms with Crippen LogP contribution in [0.15, 0.2) is 24.3 Å². The van der Waals surface area contributed by atoms with Crippen LogP contribution in [-0.2, 0) is 28.6 Å². The van der Waals surface area contributed by atoms with Gasteiger partial charge in [0.25, 0.3) is 0 Å². The van der Waals surface area contributed by atoms with Crippen molar-refractivity contribution in [3.63, 3.8) is 0 Å². The Hall–Kier alpha value is -2.19. The number of carbonyl (C=O) groups excluding carboxylic acids is 2. The number of aliphatic carboxylic acids is 1. The van der Waals surface area contributed by atoms with Crippen molar-refractivity contribution in [2.24, 2.45) is 0 Å². The number of unbranched alkanes of at least 4 members (excludes halogenated alkanes) is 22. The molecule has 0 aromatic rings. The highest BCUT2D eigenvalue weighted by Crippen LogP contribution is 2.14. The molecular weight excluding hydrogens is 679 g/mol. The maximum Gasteiger partial charge on any atom is 0.362 e. The Kier molecular flexibility index (Phi) is 36.2. The molecule has 8 nitrogen and oxygen atoms in total. The third-order valence-electron chi connectivity index (χ3n) is 10.1. The quantitative estimate of drug-likeness (QED) is 0.0287. The van der Waals surface area contributed by atoms with Crippen LogP contribution in [0.5, 0.6) is 0 Å². The fourth-order valence-electron chi connectivity index (χ4n) is 6.55. The first-order valence-electron chi connectivity index (χ1n) is 22.4. The summed E-state index contributed by atoms with van der Waals surface area (Å²) < 4.78 is 17.3. The van der Waals surface area contributed by atoms with E-state index in [2.05, 4.69) is 38.2 Å². The van der Waals surface area contributed by atoms with Crippen molar-refractivity contribution in [3.05, 3.63) is 24.3 Å². The Morgan fingerprint density at radius 3 is 1.35 bits per heavy atom. The summed E-state index contributed by atoms with van der Waals surface area (Å²) in [5, 5.41) is 9.61. The van der Waals surface area contributed by atoms with Crippen molar-refractivity contribution < 1.29 is 38.2 Å². The highest BCUT2D eigenvalue weighted by atomic mass is 16.6. The summed E-state index contributed by atoms with van der Waals surface area (Å²) in [7, 11) is 5.52. The molecule has 0 bridgehead atoms. The molecule has 0 aliphatic carbocycles. The van der Waals surface area contributed by atoms with Crippen LogP contribution < -0.4 is 0 Å². The molecule has 0 fully saturated rings. The van der Waals surface area contributed by atoms with E-state index in [0.29, 0.717) is 19.3 Å². The van der Waals surface area contributed by atoms with Crippen LogP contribution in [0.4, 0.5) is 0 Å². The molecular formula is C46H86NO7+. The summed E-state index contributed by atoms with van der Waals surface area (Å²) >= 11 is 0. The van der Waals surface area contributed by atoms with Crippen molar-refractivity contribution in [2.75, 3.05) is 41.0 Å². The zero-order valence-electron chi connectivity index (χ0n) is 35.9. The lowest BCUT2D eigenvalue weighted by molar-refractivity contribution is -0.887. The van der Waals surface area contributed by atoms with E-state index < -0.39 is 18.1 Å². The number of hydrogen-bond acceptors (Lipinski definition) is 6. The van der Waals surface area contributed by atoms with Crippen molar-refractivity contribution in [2.45, 2.75) is 212 Å². The summed E-state index contributed by atoms with van der Waals surface area (Å²) in [5.41, 5.74) is 0. The lowest BCUT2D eigenvalue weighted by atomic mass is 10.1. The third-order valence-corrected chi connectivity index (χ3v) is 10.1. The van der Waals surface area contributed by atoms with Crippen LogP contribution in [0.1, 0.15) is 200 Å². The lowest BCUT2D eigenvalue weighted by Crippen LogP contribution is -2.50. The number of esters is 2. The summed E-state index contributed by atoms with van der Waals surface area (Å²) in [4.78, 5) is 36.9. The van der Waals surface area contributed by atoms with Gasteiger partial charge in [-0.05, 0) is 64.2 Å². The van der Waals surface area contributed by atoms with Crippen LogP contribution in [0.2, 0.25) is 0 Å². The fourth-order valence-corrected chi connectivity index (χ4v) is 6.55. The highest BCUT2D eigenvalue weighted by Gasteiger charge is 2.31. The molecule has 0 aliphatic rings. The topological polar surface area (TPSA) is 99.1 Å². The highest BCUT2D eigenvalue weighted by molar-refractivity contribution is 5.72. The fraction of sp³-hybridized carbons (Fsp3) is 0.848. The smallest absolute Gasteiger partial charge is 0.362 e. The second kappa shape index (κ2) is 37.7. The lowest BCUT2D eigenvalue weighted by Gasteiger charge is -2.31. The number of ether oxygens (including phenoxy) is 3. The number of quaternary nitrogens is 1. The molecule has 0 aliphatic heterocycles. The number of carboxylic acid groups (broad SMARTS) is 1. The Morgan fingerprint density at radius 2 is 0.926 bits per heavy atom. The first-order valence-corrected chi connectivity index (χ1v) is 22.4. The minimum absolute atomic E-state index is 0.0551. The Bertz CT molecular complexity index is 942. The monoisotopic (exact) mass is 765 g/mol. The van der Waals surface area contributed by atoms with Gasteiger partial charge in [-0.25, -0.2) is 4.79 Å². The Balaban J connectivity index is 4.36. The van der Waals surface area contributed by atoms with Gasteiger partial charge in [-0.15, -0.1) is 0 Å². The molecule has 0 saturated carbocycles. The number of rotatable bonds is 40. The number of carboxylic acids is 1. The van der Waals surface area contributed by atoms with Crippen LogP contribution in [0.25, 0.3) is 0 Å². The second-order valence-electron chi connectivity index (χ2n) is 16.3. The molecule has 2 atom stereocenters. The molecule has 316 valence electrons. The molecule has 0 heterocycles. The predicted molar refractivity (Wildman–Crippen MR) is 225 cm³/mol. The molecule has 0 aromatic heterocycles. The number of allylic oxidation sites excluding steroid dienone is 4. The average molecular weight is 765 g/mol. The van der Waals surface area contributed by atoms with Gasteiger partial charge in [0.1, 0.15) is 6.61 Å². The van der Waals surface area contributed by atoms with Gasteiger partial charge in [0, 0.05) is 19.3 Å². The van der Waals surface area contributed by atoms with E-state index in [1.54, 1.807) is 0 Å². The van der Waals surface area contributed by atoms with Gasteiger partial charge in [-0.1, -0.05) is 141 Å². The molecule has 2 unspecified atom stereocenters. The standard InChI is InChI=1S/C46H85NO7/c1-6-8-10-12-14-16-18-20-22-23-25-26-28-30-32-34-36-44(48)53-41-42(40-52-39-38-43(46(50)51)47(3,4)5)54-45(49)37-35-33-31-29-27-24-21-19-17-15-13-11-9-7-2/h22-24,27,42-43H,6-21,25-26,28-41H2,1-5H3/p+1/b23-22+,27-24+. The van der Waals surface area contributed by atoms with Gasteiger partial charge in [-0.3, -0.25) is 9.59 Å². The van der Waals surface area contributed by atoms with Gasteiger partial charge in [0.2, 0.25) is 0 Å². The maximum atomic E-state index is 12.7. The van der Waals surface area contributed by atoms with Gasteiger partial charge >= 0.3 is 17.9 Å². The van der Waals surface area contributed by atoms with Crippen LogP contribution in [-0.4, -0.2) is 80.6 Å². The van der Waals surface area contributed by atoms with Gasteiger partial charge in [0.15, 0.2) is 12.1 Å². The zero-order valence-corrected chi connectivity index (χ0v) is 35.9. The van der Waals surface area contributed by atoms with E-state index in [1.165, 1.54) is 109 Å². The van der Waals surface area contributed by atoms with Crippen molar-refractivity contribution in [1.82, 2.24) is 0 Å². The third kappa shape index (κ3) is 35.5. The van der Waals surface area contributed by atoms with Crippen LogP contribution in [0.3, 0.4) is 0 Å². The second-order valence-corrected chi connectivity index (χ2v) is 16.3. The summed E-state index contributed by atoms with van der Waals surface area (Å²) in [6.07, 6.45) is 40.7. The first kappa shape index (κ1) is 51.8. The van der Waals surface area contributed by atoms with E-state index in [9.17, 15) is 19.5 Å². The number of nitrogens with zero attached hydrogens (tertiary/aromatic N) is 1. The van der Waals surface area contributed by atoms with E-state index in [1.807, 2.05) is 21.1 Å². The molecule has 0 rings (SSSR count). The molecule has 0 radical (unpaired) electrons. The van der Waals surface area contributed by atoms with Crippen molar-refractivity contribution >= 4 is 17.9 Å². The summed E-state index contributed by atoms with van der Waals surface area (Å²) in [6, 6.07) is -0.616. The van der Waals surface area contributed by atoms with E-state index >= 15 is 0 Å². The molecule has 0 spiro atoms. The van der Waals surface area contributed by atoms with Gasteiger partial charge in [-0.2, -0.15) is 0 Å². The molecule has 8 heteroatoms. The number of likely N-dealkylation sites (N-methyl/N-ethyl adjacent to an activating group) is 1. The maximum absolute atomic E-state index is 12.7. The molecule has 0 saturated heterocycles. The average Bonchev–Trinajstić information content (AvgIpc) is 3.12. The van der Waals surface area contributed by atoms with Gasteiger partial charge in [0.05, 0.1) is 34.4 Å². The molecule has 1 N–H and O–H groups in total. The van der Waals surface area contributed by atoms with E-state index in [0.717, 1.165) is 57.8 Å². The predicted octanol–water partition coefficient (Wildman–Crippen LogP) is 12.1. The van der Waals surface area contributed by atoms with Crippen LogP contribution >= 0.6 is 0 Å². The largest absolute Gasteiger partial charge is 0.477 e. The minimum atomic E-state index is -0.877.